The highest BCUT2D eigenvalue weighted by atomic mass is 35.5. The minimum atomic E-state index is -0.371. The number of benzene rings is 2. The molecule has 2 aromatic carbocycles. The Morgan fingerprint density at radius 3 is 2.79 bits per heavy atom. The average Bonchev–Trinajstić information content (AvgIpc) is 2.68. The third kappa shape index (κ3) is 3.97. The molecule has 2 aromatic heterocycles. The number of rotatable bonds is 5. The molecule has 0 fully saturated rings. The van der Waals surface area contributed by atoms with Crippen molar-refractivity contribution < 1.29 is 9.13 Å². The molecule has 7 heteroatoms. The van der Waals surface area contributed by atoms with Crippen LogP contribution in [0, 0.1) is 5.82 Å². The first-order valence-electron chi connectivity index (χ1n) is 8.53. The largest absolute Gasteiger partial charge is 0.455 e. The number of hydrogen-bond donors (Lipinski definition) is 1. The van der Waals surface area contributed by atoms with E-state index in [1.54, 1.807) is 30.3 Å². The summed E-state index contributed by atoms with van der Waals surface area (Å²) in [7, 11) is 0. The first-order chi connectivity index (χ1) is 13.6. The number of nitrogens with one attached hydrogen (secondary N) is 1. The second kappa shape index (κ2) is 7.70. The molecule has 140 valence electrons. The van der Waals surface area contributed by atoms with Crippen LogP contribution in [0.1, 0.15) is 5.69 Å². The van der Waals surface area contributed by atoms with Crippen molar-refractivity contribution in [2.75, 3.05) is 5.32 Å². The molecule has 0 amide bonds. The van der Waals surface area contributed by atoms with Gasteiger partial charge in [0, 0.05) is 18.3 Å². The summed E-state index contributed by atoms with van der Waals surface area (Å²) in [5.41, 5.74) is 1.57. The molecule has 0 aliphatic rings. The number of anilines is 1. The van der Waals surface area contributed by atoms with Crippen LogP contribution in [0.4, 0.5) is 10.1 Å². The zero-order chi connectivity index (χ0) is 19.5. The summed E-state index contributed by atoms with van der Waals surface area (Å²) >= 11 is 5.93. The summed E-state index contributed by atoms with van der Waals surface area (Å²) in [4.78, 5) is 16.7. The number of hydrogen-bond acceptors (Lipinski definition) is 4. The molecule has 0 aliphatic carbocycles. The van der Waals surface area contributed by atoms with Crippen LogP contribution < -0.4 is 15.6 Å². The highest BCUT2D eigenvalue weighted by Crippen LogP contribution is 2.29. The van der Waals surface area contributed by atoms with E-state index in [1.165, 1.54) is 28.8 Å². The van der Waals surface area contributed by atoms with E-state index in [2.05, 4.69) is 10.3 Å². The fourth-order valence-electron chi connectivity index (χ4n) is 2.76. The van der Waals surface area contributed by atoms with E-state index in [0.717, 1.165) is 0 Å². The molecule has 0 radical (unpaired) electrons. The van der Waals surface area contributed by atoms with Gasteiger partial charge in [0.15, 0.2) is 5.75 Å². The van der Waals surface area contributed by atoms with Gasteiger partial charge in [-0.25, -0.2) is 9.37 Å². The lowest BCUT2D eigenvalue weighted by atomic mass is 10.2. The summed E-state index contributed by atoms with van der Waals surface area (Å²) in [6.45, 7) is 0.317. The van der Waals surface area contributed by atoms with Crippen LogP contribution >= 0.6 is 11.6 Å². The zero-order valence-electron chi connectivity index (χ0n) is 14.6. The van der Waals surface area contributed by atoms with Gasteiger partial charge >= 0.3 is 0 Å². The molecular formula is C21H15ClFN3O2. The maximum Gasteiger partial charge on any atom is 0.258 e. The lowest BCUT2D eigenvalue weighted by molar-refractivity contribution is 0.478. The van der Waals surface area contributed by atoms with Gasteiger partial charge in [0.2, 0.25) is 0 Å². The first kappa shape index (κ1) is 18.0. The van der Waals surface area contributed by atoms with Crippen LogP contribution in [-0.4, -0.2) is 9.38 Å². The second-order valence-electron chi connectivity index (χ2n) is 6.07. The van der Waals surface area contributed by atoms with Gasteiger partial charge in [-0.1, -0.05) is 29.8 Å². The van der Waals surface area contributed by atoms with Crippen LogP contribution in [0.3, 0.4) is 0 Å². The van der Waals surface area contributed by atoms with Crippen molar-refractivity contribution >= 4 is 22.9 Å². The van der Waals surface area contributed by atoms with E-state index in [9.17, 15) is 9.18 Å². The van der Waals surface area contributed by atoms with E-state index in [4.69, 9.17) is 16.3 Å². The number of ether oxygens (including phenoxy) is 1. The Labute approximate surface area is 165 Å². The van der Waals surface area contributed by atoms with Gasteiger partial charge in [0.25, 0.3) is 5.56 Å². The van der Waals surface area contributed by atoms with Gasteiger partial charge in [0.1, 0.15) is 17.2 Å². The molecule has 2 heterocycles. The maximum absolute atomic E-state index is 13.4. The fraction of sp³-hybridized carbons (Fsp3) is 0.0476. The molecule has 1 N–H and O–H groups in total. The standard InChI is InChI=1S/C21H15ClFN3O2/c22-14-8-9-20-25-16(11-21(27)26(20)13-14)12-24-18-6-1-2-7-19(18)28-17-5-3-4-15(23)10-17/h1-11,13,24H,12H2. The van der Waals surface area contributed by atoms with Crippen molar-refractivity contribution in [3.8, 4) is 11.5 Å². The number of pyridine rings is 1. The molecule has 4 rings (SSSR count). The van der Waals surface area contributed by atoms with Gasteiger partial charge < -0.3 is 10.1 Å². The molecule has 0 saturated heterocycles. The van der Waals surface area contributed by atoms with Crippen molar-refractivity contribution in [3.63, 3.8) is 0 Å². The quantitative estimate of drug-likeness (QED) is 0.522. The minimum absolute atomic E-state index is 0.214. The van der Waals surface area contributed by atoms with Gasteiger partial charge in [0.05, 0.1) is 22.9 Å². The lowest BCUT2D eigenvalue weighted by Gasteiger charge is -2.13. The van der Waals surface area contributed by atoms with E-state index in [-0.39, 0.29) is 11.4 Å². The van der Waals surface area contributed by atoms with Gasteiger partial charge in [-0.05, 0) is 36.4 Å². The van der Waals surface area contributed by atoms with E-state index < -0.39 is 0 Å². The normalized spacial score (nSPS) is 10.8. The summed E-state index contributed by atoms with van der Waals surface area (Å²) in [5, 5.41) is 3.68. The molecule has 4 aromatic rings. The fourth-order valence-corrected chi connectivity index (χ4v) is 2.92. The van der Waals surface area contributed by atoms with Gasteiger partial charge in [-0.2, -0.15) is 0 Å². The summed E-state index contributed by atoms with van der Waals surface area (Å²) in [6, 6.07) is 18.0. The number of para-hydroxylation sites is 2. The molecule has 5 nitrogen and oxygen atoms in total. The third-order valence-corrected chi connectivity index (χ3v) is 4.27. The van der Waals surface area contributed by atoms with Crippen LogP contribution in [0.25, 0.3) is 5.65 Å². The third-order valence-electron chi connectivity index (χ3n) is 4.05. The second-order valence-corrected chi connectivity index (χ2v) is 6.51. The highest BCUT2D eigenvalue weighted by molar-refractivity contribution is 6.30. The highest BCUT2D eigenvalue weighted by Gasteiger charge is 2.07. The maximum atomic E-state index is 13.4. The van der Waals surface area contributed by atoms with Crippen molar-refractivity contribution in [3.05, 3.63) is 99.8 Å². The smallest absolute Gasteiger partial charge is 0.258 e. The molecular weight excluding hydrogens is 381 g/mol. The minimum Gasteiger partial charge on any atom is -0.455 e. The van der Waals surface area contributed by atoms with E-state index in [1.807, 2.05) is 18.2 Å². The van der Waals surface area contributed by atoms with Crippen molar-refractivity contribution in [1.29, 1.82) is 0 Å². The van der Waals surface area contributed by atoms with Gasteiger partial charge in [-0.15, -0.1) is 0 Å². The Morgan fingerprint density at radius 2 is 1.93 bits per heavy atom. The predicted molar refractivity (Wildman–Crippen MR) is 107 cm³/mol. The Morgan fingerprint density at radius 1 is 1.07 bits per heavy atom. The summed E-state index contributed by atoms with van der Waals surface area (Å²) in [6.07, 6.45) is 1.53. The molecule has 0 saturated carbocycles. The van der Waals surface area contributed by atoms with Crippen LogP contribution in [-0.2, 0) is 6.54 Å². The van der Waals surface area contributed by atoms with Crippen molar-refractivity contribution in [1.82, 2.24) is 9.38 Å². The van der Waals surface area contributed by atoms with Crippen LogP contribution in [0.15, 0.2) is 77.7 Å². The molecule has 0 spiro atoms. The number of fused-ring (bicyclic) bond motifs is 1. The topological polar surface area (TPSA) is 55.6 Å². The summed E-state index contributed by atoms with van der Waals surface area (Å²) in [5.74, 6) is 0.564. The Kier molecular flexibility index (Phi) is 4.95. The molecule has 28 heavy (non-hydrogen) atoms. The molecule has 0 atom stereocenters. The number of nitrogens with zero attached hydrogens (tertiary/aromatic N) is 2. The van der Waals surface area contributed by atoms with Gasteiger partial charge in [-0.3, -0.25) is 9.20 Å². The van der Waals surface area contributed by atoms with Crippen LogP contribution in [0.5, 0.6) is 11.5 Å². The predicted octanol–water partition coefficient (Wildman–Crippen LogP) is 4.89. The Bertz CT molecular complexity index is 1210. The lowest BCUT2D eigenvalue weighted by Crippen LogP contribution is -2.16. The van der Waals surface area contributed by atoms with Crippen molar-refractivity contribution in [2.45, 2.75) is 6.54 Å². The molecule has 0 bridgehead atoms. The van der Waals surface area contributed by atoms with E-state index >= 15 is 0 Å². The van der Waals surface area contributed by atoms with E-state index in [0.29, 0.717) is 40.1 Å². The van der Waals surface area contributed by atoms with Crippen molar-refractivity contribution in [2.24, 2.45) is 0 Å². The zero-order valence-corrected chi connectivity index (χ0v) is 15.4. The number of halogens is 2. The molecule has 0 aliphatic heterocycles. The summed E-state index contributed by atoms with van der Waals surface area (Å²) < 4.78 is 20.6. The first-order valence-corrected chi connectivity index (χ1v) is 8.90. The monoisotopic (exact) mass is 395 g/mol. The average molecular weight is 396 g/mol. The Hall–Kier alpha value is -3.38. The number of aromatic nitrogens is 2. The Balaban J connectivity index is 1.56. The SMILES string of the molecule is O=c1cc(CNc2ccccc2Oc2cccc(F)c2)nc2ccc(Cl)cn12. The molecule has 0 unspecified atom stereocenters. The van der Waals surface area contributed by atoms with Crippen LogP contribution in [0.2, 0.25) is 5.02 Å².